The maximum Gasteiger partial charge on any atom is 0.232 e. The van der Waals surface area contributed by atoms with Gasteiger partial charge in [-0.2, -0.15) is 0 Å². The molecule has 8 nitrogen and oxygen atoms in total. The van der Waals surface area contributed by atoms with Crippen LogP contribution >= 0.6 is 0 Å². The second-order valence-corrected chi connectivity index (χ2v) is 9.15. The quantitative estimate of drug-likeness (QED) is 0.265. The lowest BCUT2D eigenvalue weighted by atomic mass is 9.97. The lowest BCUT2D eigenvalue weighted by Crippen LogP contribution is -2.36. The van der Waals surface area contributed by atoms with Crippen molar-refractivity contribution in [2.45, 2.75) is 18.9 Å². The van der Waals surface area contributed by atoms with E-state index in [4.69, 9.17) is 4.42 Å². The first-order valence-corrected chi connectivity index (χ1v) is 12.2. The zero-order valence-electron chi connectivity index (χ0n) is 20.0. The first-order valence-electron chi connectivity index (χ1n) is 12.2. The summed E-state index contributed by atoms with van der Waals surface area (Å²) < 4.78 is 6.38. The maximum absolute atomic E-state index is 10.0. The fraction of sp³-hybridized carbons (Fsp3) is 0.172. The van der Waals surface area contributed by atoms with Gasteiger partial charge in [-0.25, -0.2) is 9.97 Å². The largest absolute Gasteiger partial charge is 0.437 e. The zero-order valence-corrected chi connectivity index (χ0v) is 20.0. The molecule has 1 fully saturated rings. The van der Waals surface area contributed by atoms with Crippen LogP contribution < -0.4 is 10.1 Å². The molecule has 3 aromatic carbocycles. The second kappa shape index (κ2) is 9.67. The molecule has 1 saturated heterocycles. The molecule has 0 spiro atoms. The summed E-state index contributed by atoms with van der Waals surface area (Å²) in [7, 11) is 0. The van der Waals surface area contributed by atoms with Crippen molar-refractivity contribution in [2.24, 2.45) is 0 Å². The van der Waals surface area contributed by atoms with Crippen LogP contribution in [0.2, 0.25) is 0 Å². The summed E-state index contributed by atoms with van der Waals surface area (Å²) in [5.74, 6) is 1.49. The number of piperidine rings is 1. The molecule has 8 heteroatoms. The summed E-state index contributed by atoms with van der Waals surface area (Å²) in [6, 6.07) is 24.9. The van der Waals surface area contributed by atoms with Crippen LogP contribution in [0.4, 0.5) is 11.5 Å². The minimum atomic E-state index is -0.283. The molecule has 0 saturated carbocycles. The van der Waals surface area contributed by atoms with E-state index in [1.165, 1.54) is 6.33 Å². The van der Waals surface area contributed by atoms with E-state index in [1.54, 1.807) is 12.1 Å². The normalized spacial score (nSPS) is 14.3. The number of aliphatic hydroxyl groups is 1. The number of aromatic nitrogens is 2. The predicted molar refractivity (Wildman–Crippen MR) is 142 cm³/mol. The first kappa shape index (κ1) is 23.2. The van der Waals surface area contributed by atoms with Crippen molar-refractivity contribution >= 4 is 22.6 Å². The van der Waals surface area contributed by atoms with E-state index in [9.17, 15) is 15.5 Å². The summed E-state index contributed by atoms with van der Waals surface area (Å²) in [6.07, 6.45) is 2.63. The van der Waals surface area contributed by atoms with Gasteiger partial charge in [0.25, 0.3) is 0 Å². The Bertz CT molecular complexity index is 1530. The lowest BCUT2D eigenvalue weighted by Gasteiger charge is -2.30. The molecule has 0 atom stereocenters. The van der Waals surface area contributed by atoms with Crippen LogP contribution in [0, 0.1) is 0 Å². The monoisotopic (exact) mass is 494 g/mol. The van der Waals surface area contributed by atoms with Gasteiger partial charge in [-0.15, -0.1) is 5.23 Å². The lowest BCUT2D eigenvalue weighted by molar-refractivity contribution is 0.0295. The van der Waals surface area contributed by atoms with E-state index in [1.807, 2.05) is 66.7 Å². The topological polar surface area (TPSA) is 106 Å². The average molecular weight is 495 g/mol. The van der Waals surface area contributed by atoms with Gasteiger partial charge >= 0.3 is 0 Å². The van der Waals surface area contributed by atoms with Gasteiger partial charge in [0.05, 0.1) is 11.5 Å². The van der Waals surface area contributed by atoms with Crippen LogP contribution in [0.3, 0.4) is 0 Å². The molecule has 0 unspecified atom stereocenters. The molecule has 1 aliphatic rings. The summed E-state index contributed by atoms with van der Waals surface area (Å²) in [6.45, 7) is 1.42. The van der Waals surface area contributed by atoms with Gasteiger partial charge in [-0.1, -0.05) is 72.8 Å². The van der Waals surface area contributed by atoms with Crippen LogP contribution in [0.1, 0.15) is 12.8 Å². The fourth-order valence-corrected chi connectivity index (χ4v) is 5.01. The summed E-state index contributed by atoms with van der Waals surface area (Å²) in [5, 5.41) is 30.3. The molecule has 2 aromatic heterocycles. The van der Waals surface area contributed by atoms with Crippen molar-refractivity contribution in [3.05, 3.63) is 85.2 Å². The van der Waals surface area contributed by atoms with Gasteiger partial charge in [0.15, 0.2) is 0 Å². The zero-order chi connectivity index (χ0) is 25.4. The SMILES string of the molecule is OC1CCN(c2ncnc3oc(-c4ccc(-c5ccccc5N(O)O)cc4)c(-c4ccccc4)c23)CC1. The average Bonchev–Trinajstić information content (AvgIpc) is 3.34. The molecule has 6 rings (SSSR count). The fourth-order valence-electron chi connectivity index (χ4n) is 5.01. The third kappa shape index (κ3) is 4.31. The highest BCUT2D eigenvalue weighted by Gasteiger charge is 2.26. The van der Waals surface area contributed by atoms with E-state index in [2.05, 4.69) is 14.9 Å². The Balaban J connectivity index is 1.50. The van der Waals surface area contributed by atoms with Gasteiger partial charge in [0, 0.05) is 29.8 Å². The van der Waals surface area contributed by atoms with E-state index in [0.717, 1.165) is 33.5 Å². The van der Waals surface area contributed by atoms with Crippen LogP contribution in [0.5, 0.6) is 0 Å². The number of anilines is 2. The molecule has 0 radical (unpaired) electrons. The highest BCUT2D eigenvalue weighted by atomic mass is 16.8. The Labute approximate surface area is 213 Å². The number of nitrogens with zero attached hydrogens (tertiary/aromatic N) is 4. The van der Waals surface area contributed by atoms with Crippen LogP contribution in [0.15, 0.2) is 89.6 Å². The number of aliphatic hydroxyl groups excluding tert-OH is 1. The molecule has 3 heterocycles. The standard InChI is InChI=1S/C29H26N4O4/c34-22-14-16-32(17-15-22)28-26-25(20-6-2-1-3-7-20)27(37-29(26)31-18-30-28)21-12-10-19(11-13-21)23-8-4-5-9-24(23)33(35)36/h1-13,18,22,34-36H,14-17H2. The van der Waals surface area contributed by atoms with E-state index < -0.39 is 0 Å². The predicted octanol–water partition coefficient (Wildman–Crippen LogP) is 5.77. The van der Waals surface area contributed by atoms with Gasteiger partial charge in [-0.05, 0) is 30.0 Å². The molecule has 3 N–H and O–H groups in total. The smallest absolute Gasteiger partial charge is 0.232 e. The van der Waals surface area contributed by atoms with Gasteiger partial charge < -0.3 is 14.4 Å². The van der Waals surface area contributed by atoms with Gasteiger partial charge in [0.1, 0.15) is 23.6 Å². The third-order valence-electron chi connectivity index (χ3n) is 6.87. The maximum atomic E-state index is 10.0. The Morgan fingerprint density at radius 2 is 1.46 bits per heavy atom. The summed E-state index contributed by atoms with van der Waals surface area (Å²) in [4.78, 5) is 11.3. The molecule has 0 bridgehead atoms. The molecule has 186 valence electrons. The Morgan fingerprint density at radius 1 is 0.784 bits per heavy atom. The molecule has 0 aliphatic carbocycles. The number of para-hydroxylation sites is 1. The van der Waals surface area contributed by atoms with Gasteiger partial charge in [0.2, 0.25) is 5.71 Å². The highest BCUT2D eigenvalue weighted by molar-refractivity contribution is 6.06. The molecule has 0 amide bonds. The van der Waals surface area contributed by atoms with Crippen molar-refractivity contribution in [1.82, 2.24) is 9.97 Å². The van der Waals surface area contributed by atoms with Crippen molar-refractivity contribution in [3.63, 3.8) is 0 Å². The number of fused-ring (bicyclic) bond motifs is 1. The van der Waals surface area contributed by atoms with E-state index in [0.29, 0.717) is 43.0 Å². The molecule has 1 aliphatic heterocycles. The van der Waals surface area contributed by atoms with E-state index >= 15 is 0 Å². The van der Waals surface area contributed by atoms with Crippen molar-refractivity contribution in [3.8, 4) is 33.6 Å². The number of rotatable bonds is 5. The van der Waals surface area contributed by atoms with Crippen LogP contribution in [-0.4, -0.2) is 44.7 Å². The van der Waals surface area contributed by atoms with Crippen LogP contribution in [-0.2, 0) is 0 Å². The minimum absolute atomic E-state index is 0.135. The number of benzene rings is 3. The number of hydrogen-bond acceptors (Lipinski definition) is 8. The molecule has 37 heavy (non-hydrogen) atoms. The number of hydrogen-bond donors (Lipinski definition) is 3. The Morgan fingerprint density at radius 3 is 2.19 bits per heavy atom. The minimum Gasteiger partial charge on any atom is -0.437 e. The molecule has 5 aromatic rings. The van der Waals surface area contributed by atoms with Crippen molar-refractivity contribution in [2.75, 3.05) is 23.2 Å². The molecular weight excluding hydrogens is 468 g/mol. The Kier molecular flexibility index (Phi) is 6.05. The Hall–Kier alpha value is -4.24. The summed E-state index contributed by atoms with van der Waals surface area (Å²) in [5.41, 5.74) is 5.09. The second-order valence-electron chi connectivity index (χ2n) is 9.15. The van der Waals surface area contributed by atoms with Gasteiger partial charge in [-0.3, -0.25) is 10.4 Å². The third-order valence-corrected chi connectivity index (χ3v) is 6.87. The highest BCUT2D eigenvalue weighted by Crippen LogP contribution is 2.44. The molecular formula is C29H26N4O4. The van der Waals surface area contributed by atoms with E-state index in [-0.39, 0.29) is 17.0 Å². The summed E-state index contributed by atoms with van der Waals surface area (Å²) >= 11 is 0. The van der Waals surface area contributed by atoms with Crippen LogP contribution in [0.25, 0.3) is 44.7 Å². The first-order chi connectivity index (χ1) is 18.1. The van der Waals surface area contributed by atoms with Crippen molar-refractivity contribution in [1.29, 1.82) is 0 Å². The number of furan rings is 1. The van der Waals surface area contributed by atoms with Crippen molar-refractivity contribution < 1.29 is 19.9 Å².